The molecule has 5 rings (SSSR count). The number of amides is 2. The lowest BCUT2D eigenvalue weighted by molar-refractivity contribution is -0.127. The summed E-state index contributed by atoms with van der Waals surface area (Å²) in [7, 11) is 1.86. The fourth-order valence-electron chi connectivity index (χ4n) is 5.73. The molecule has 2 aliphatic rings. The number of urea groups is 1. The van der Waals surface area contributed by atoms with Crippen LogP contribution >= 0.6 is 0 Å². The Bertz CT molecular complexity index is 1250. The van der Waals surface area contributed by atoms with Gasteiger partial charge in [0.2, 0.25) is 0 Å². The van der Waals surface area contributed by atoms with E-state index in [-0.39, 0.29) is 17.0 Å². The second kappa shape index (κ2) is 9.52. The number of carbonyl (C=O) groups excluding carboxylic acids is 1. The number of anilines is 2. The highest BCUT2D eigenvalue weighted by atomic mass is 19.4. The molecule has 0 atom stereocenters. The molecule has 1 saturated carbocycles. The van der Waals surface area contributed by atoms with Crippen LogP contribution in [0.2, 0.25) is 0 Å². The molecule has 2 amide bonds. The Labute approximate surface area is 209 Å². The van der Waals surface area contributed by atoms with E-state index in [9.17, 15) is 18.0 Å². The van der Waals surface area contributed by atoms with Crippen molar-refractivity contribution in [2.24, 2.45) is 0 Å². The molecule has 188 valence electrons. The molecular weight excluding hydrogens is 463 g/mol. The summed E-state index contributed by atoms with van der Waals surface area (Å²) in [6, 6.07) is 20.3. The number of carbonyl (C=O) groups is 1. The van der Waals surface area contributed by atoms with Gasteiger partial charge >= 0.3 is 12.2 Å². The molecule has 4 nitrogen and oxygen atoms in total. The van der Waals surface area contributed by atoms with E-state index in [1.54, 1.807) is 24.3 Å². The van der Waals surface area contributed by atoms with E-state index in [4.69, 9.17) is 0 Å². The van der Waals surface area contributed by atoms with Gasteiger partial charge in [0.15, 0.2) is 0 Å². The number of alkyl halides is 3. The molecule has 36 heavy (non-hydrogen) atoms. The molecule has 3 aromatic rings. The van der Waals surface area contributed by atoms with Crippen LogP contribution in [0.25, 0.3) is 11.1 Å². The molecule has 0 unspecified atom stereocenters. The smallest absolute Gasteiger partial charge is 0.388 e. The summed E-state index contributed by atoms with van der Waals surface area (Å²) in [6.45, 7) is 1.02. The van der Waals surface area contributed by atoms with Gasteiger partial charge in [-0.2, -0.15) is 13.2 Å². The van der Waals surface area contributed by atoms with Crippen LogP contribution in [0.5, 0.6) is 0 Å². The molecule has 1 spiro atoms. The maximum absolute atomic E-state index is 13.3. The first-order valence-corrected chi connectivity index (χ1v) is 12.4. The quantitative estimate of drug-likeness (QED) is 0.400. The molecule has 2 N–H and O–H groups in total. The fraction of sp³-hybridized carbons (Fsp3) is 0.345. The average molecular weight is 494 g/mol. The minimum absolute atomic E-state index is 0.143. The van der Waals surface area contributed by atoms with Gasteiger partial charge in [0.25, 0.3) is 0 Å². The first kappa shape index (κ1) is 24.2. The van der Waals surface area contributed by atoms with Gasteiger partial charge in [-0.05, 0) is 64.9 Å². The number of nitrogens with zero attached hydrogens (tertiary/aromatic N) is 1. The van der Waals surface area contributed by atoms with Crippen LogP contribution in [0, 0.1) is 0 Å². The largest absolute Gasteiger partial charge is 0.393 e. The van der Waals surface area contributed by atoms with Crippen LogP contribution < -0.4 is 15.5 Å². The van der Waals surface area contributed by atoms with E-state index in [2.05, 4.69) is 10.6 Å². The van der Waals surface area contributed by atoms with E-state index in [1.165, 1.54) is 0 Å². The highest BCUT2D eigenvalue weighted by Gasteiger charge is 2.46. The fourth-order valence-corrected chi connectivity index (χ4v) is 5.73. The van der Waals surface area contributed by atoms with Crippen molar-refractivity contribution >= 4 is 17.4 Å². The molecular formula is C29H30F3N3O. The van der Waals surface area contributed by atoms with Crippen LogP contribution in [-0.2, 0) is 18.4 Å². The van der Waals surface area contributed by atoms with Crippen molar-refractivity contribution in [3.05, 3.63) is 83.4 Å². The summed E-state index contributed by atoms with van der Waals surface area (Å²) in [5.41, 5.74) is 5.44. The van der Waals surface area contributed by atoms with E-state index < -0.39 is 12.6 Å². The second-order valence-corrected chi connectivity index (χ2v) is 9.86. The SMILES string of the molecule is CNc1ccc(CNC(=O)N2CC3(CCCC3)c3cc(-c4ccccc4CC(F)(F)F)ccc32)cc1. The van der Waals surface area contributed by atoms with Crippen molar-refractivity contribution < 1.29 is 18.0 Å². The Kier molecular flexibility index (Phi) is 6.41. The van der Waals surface area contributed by atoms with Gasteiger partial charge in [0, 0.05) is 36.9 Å². The van der Waals surface area contributed by atoms with E-state index >= 15 is 0 Å². The minimum atomic E-state index is -4.28. The highest BCUT2D eigenvalue weighted by molar-refractivity contribution is 5.96. The topological polar surface area (TPSA) is 44.4 Å². The summed E-state index contributed by atoms with van der Waals surface area (Å²) in [6.07, 6.45) is -1.12. The van der Waals surface area contributed by atoms with Gasteiger partial charge in [-0.1, -0.05) is 55.3 Å². The number of fused-ring (bicyclic) bond motifs is 2. The molecule has 7 heteroatoms. The number of halogens is 3. The lowest BCUT2D eigenvalue weighted by atomic mass is 9.79. The third-order valence-corrected chi connectivity index (χ3v) is 7.53. The predicted molar refractivity (Wildman–Crippen MR) is 137 cm³/mol. The Morgan fingerprint density at radius 1 is 1.00 bits per heavy atom. The van der Waals surface area contributed by atoms with E-state index in [1.807, 2.05) is 54.4 Å². The third kappa shape index (κ3) is 4.79. The first-order valence-electron chi connectivity index (χ1n) is 12.4. The van der Waals surface area contributed by atoms with Crippen LogP contribution in [0.1, 0.15) is 42.4 Å². The molecule has 1 heterocycles. The second-order valence-electron chi connectivity index (χ2n) is 9.86. The number of hydrogen-bond acceptors (Lipinski definition) is 2. The summed E-state index contributed by atoms with van der Waals surface area (Å²) < 4.78 is 39.6. The van der Waals surface area contributed by atoms with Crippen LogP contribution in [0.3, 0.4) is 0 Å². The number of nitrogens with one attached hydrogen (secondary N) is 2. The van der Waals surface area contributed by atoms with Crippen LogP contribution in [-0.4, -0.2) is 25.8 Å². The summed E-state index contributed by atoms with van der Waals surface area (Å²) in [5.74, 6) is 0. The Morgan fingerprint density at radius 2 is 1.72 bits per heavy atom. The van der Waals surface area contributed by atoms with Crippen molar-refractivity contribution in [3.8, 4) is 11.1 Å². The molecule has 3 aromatic carbocycles. The van der Waals surface area contributed by atoms with E-state index in [0.29, 0.717) is 18.7 Å². The number of hydrogen-bond donors (Lipinski definition) is 2. The predicted octanol–water partition coefficient (Wildman–Crippen LogP) is 7.04. The number of rotatable bonds is 5. The minimum Gasteiger partial charge on any atom is -0.388 e. The molecule has 1 fully saturated rings. The zero-order valence-corrected chi connectivity index (χ0v) is 20.3. The zero-order valence-electron chi connectivity index (χ0n) is 20.3. The van der Waals surface area contributed by atoms with Crippen molar-refractivity contribution in [3.63, 3.8) is 0 Å². The van der Waals surface area contributed by atoms with Crippen LogP contribution in [0.15, 0.2) is 66.7 Å². The lowest BCUT2D eigenvalue weighted by Crippen LogP contribution is -2.41. The van der Waals surface area contributed by atoms with Gasteiger partial charge in [0.1, 0.15) is 0 Å². The van der Waals surface area contributed by atoms with Gasteiger partial charge in [-0.15, -0.1) is 0 Å². The molecule has 0 radical (unpaired) electrons. The van der Waals surface area contributed by atoms with E-state index in [0.717, 1.165) is 53.7 Å². The Hall–Kier alpha value is -3.48. The highest BCUT2D eigenvalue weighted by Crippen LogP contribution is 2.51. The molecule has 0 bridgehead atoms. The van der Waals surface area contributed by atoms with Gasteiger partial charge in [-0.3, -0.25) is 4.90 Å². The average Bonchev–Trinajstić information content (AvgIpc) is 3.47. The van der Waals surface area contributed by atoms with Crippen molar-refractivity contribution in [1.82, 2.24) is 5.32 Å². The van der Waals surface area contributed by atoms with Crippen LogP contribution in [0.4, 0.5) is 29.3 Å². The Morgan fingerprint density at radius 3 is 2.42 bits per heavy atom. The van der Waals surface area contributed by atoms with Crippen molar-refractivity contribution in [1.29, 1.82) is 0 Å². The number of benzene rings is 3. The standard InChI is InChI=1S/C29H30F3N3O/c1-33-23-11-8-20(9-12-23)18-34-27(36)35-19-28(14-4-5-15-28)25-16-21(10-13-26(25)35)24-7-3-2-6-22(24)17-29(30,31)32/h2-3,6-13,16,33H,4-5,14-15,17-19H2,1H3,(H,34,36). The first-order chi connectivity index (χ1) is 17.3. The normalized spacial score (nSPS) is 16.3. The van der Waals surface area contributed by atoms with Crippen molar-refractivity contribution in [2.75, 3.05) is 23.8 Å². The zero-order chi connectivity index (χ0) is 25.3. The molecule has 0 aromatic heterocycles. The lowest BCUT2D eigenvalue weighted by Gasteiger charge is -2.25. The maximum Gasteiger partial charge on any atom is 0.393 e. The Balaban J connectivity index is 1.43. The molecule has 1 aliphatic heterocycles. The van der Waals surface area contributed by atoms with Gasteiger partial charge in [0.05, 0.1) is 6.42 Å². The summed E-state index contributed by atoms with van der Waals surface area (Å²) in [5, 5.41) is 6.13. The summed E-state index contributed by atoms with van der Waals surface area (Å²) >= 11 is 0. The van der Waals surface area contributed by atoms with Crippen molar-refractivity contribution in [2.45, 2.75) is 50.2 Å². The van der Waals surface area contributed by atoms with Gasteiger partial charge < -0.3 is 10.6 Å². The molecule has 0 saturated heterocycles. The van der Waals surface area contributed by atoms with Gasteiger partial charge in [-0.25, -0.2) is 4.79 Å². The maximum atomic E-state index is 13.3. The molecule has 1 aliphatic carbocycles. The monoisotopic (exact) mass is 493 g/mol. The summed E-state index contributed by atoms with van der Waals surface area (Å²) in [4.78, 5) is 15.1. The third-order valence-electron chi connectivity index (χ3n) is 7.53.